The average Bonchev–Trinajstić information content (AvgIpc) is 2.85. The van der Waals surface area contributed by atoms with E-state index in [1.807, 2.05) is 12.1 Å². The second kappa shape index (κ2) is 7.17. The maximum atomic E-state index is 9.01. The van der Waals surface area contributed by atoms with Crippen LogP contribution in [0.15, 0.2) is 24.3 Å². The highest BCUT2D eigenvalue weighted by Crippen LogP contribution is 2.30. The molecule has 0 spiro atoms. The van der Waals surface area contributed by atoms with Crippen molar-refractivity contribution in [1.29, 1.82) is 0 Å². The molecular formula is C15H23NOS. The van der Waals surface area contributed by atoms with Crippen molar-refractivity contribution >= 4 is 11.8 Å². The van der Waals surface area contributed by atoms with Crippen LogP contribution in [0.5, 0.6) is 0 Å². The van der Waals surface area contributed by atoms with Gasteiger partial charge in [0.25, 0.3) is 0 Å². The summed E-state index contributed by atoms with van der Waals surface area (Å²) in [6.45, 7) is 3.32. The van der Waals surface area contributed by atoms with Gasteiger partial charge in [-0.2, -0.15) is 11.8 Å². The number of rotatable bonds is 6. The molecule has 2 nitrogen and oxygen atoms in total. The number of aliphatic hydroxyl groups is 1. The Balaban J connectivity index is 1.82. The summed E-state index contributed by atoms with van der Waals surface area (Å²) in [5.41, 5.74) is 2.29. The molecule has 0 bridgehead atoms. The van der Waals surface area contributed by atoms with Crippen LogP contribution in [0.2, 0.25) is 0 Å². The Labute approximate surface area is 114 Å². The monoisotopic (exact) mass is 265 g/mol. The zero-order valence-corrected chi connectivity index (χ0v) is 11.9. The number of benzene rings is 1. The molecule has 2 rings (SSSR count). The Kier molecular flexibility index (Phi) is 5.54. The van der Waals surface area contributed by atoms with Crippen LogP contribution >= 0.6 is 11.8 Å². The number of hydrogen-bond acceptors (Lipinski definition) is 3. The van der Waals surface area contributed by atoms with E-state index < -0.39 is 0 Å². The molecule has 0 radical (unpaired) electrons. The summed E-state index contributed by atoms with van der Waals surface area (Å²) in [6.07, 6.45) is 4.03. The molecule has 3 heteroatoms. The van der Waals surface area contributed by atoms with Gasteiger partial charge in [0.05, 0.1) is 6.61 Å². The van der Waals surface area contributed by atoms with E-state index in [0.29, 0.717) is 6.04 Å². The van der Waals surface area contributed by atoms with Gasteiger partial charge in [-0.1, -0.05) is 37.6 Å². The van der Waals surface area contributed by atoms with Crippen LogP contribution in [0, 0.1) is 0 Å². The van der Waals surface area contributed by atoms with Crippen LogP contribution in [-0.2, 0) is 13.2 Å². The highest BCUT2D eigenvalue weighted by atomic mass is 32.2. The summed E-state index contributed by atoms with van der Waals surface area (Å²) in [4.78, 5) is 0. The lowest BCUT2D eigenvalue weighted by Crippen LogP contribution is -2.33. The molecule has 1 aromatic carbocycles. The maximum absolute atomic E-state index is 9.01. The van der Waals surface area contributed by atoms with Gasteiger partial charge in [0.2, 0.25) is 0 Å². The van der Waals surface area contributed by atoms with E-state index in [4.69, 9.17) is 5.11 Å². The zero-order chi connectivity index (χ0) is 12.8. The average molecular weight is 265 g/mol. The van der Waals surface area contributed by atoms with Gasteiger partial charge in [-0.05, 0) is 29.7 Å². The van der Waals surface area contributed by atoms with Crippen molar-refractivity contribution in [3.63, 3.8) is 0 Å². The first-order valence-corrected chi connectivity index (χ1v) is 7.92. The van der Waals surface area contributed by atoms with Crippen molar-refractivity contribution in [3.8, 4) is 0 Å². The van der Waals surface area contributed by atoms with Crippen LogP contribution in [-0.4, -0.2) is 22.2 Å². The smallest absolute Gasteiger partial charge is 0.0681 e. The summed E-state index contributed by atoms with van der Waals surface area (Å²) in [6, 6.07) is 8.89. The van der Waals surface area contributed by atoms with E-state index in [1.165, 1.54) is 30.6 Å². The highest BCUT2D eigenvalue weighted by Gasteiger charge is 2.26. The molecule has 2 atom stereocenters. The van der Waals surface area contributed by atoms with E-state index >= 15 is 0 Å². The van der Waals surface area contributed by atoms with E-state index in [2.05, 4.69) is 36.1 Å². The minimum absolute atomic E-state index is 0.131. The van der Waals surface area contributed by atoms with Gasteiger partial charge in [-0.3, -0.25) is 0 Å². The van der Waals surface area contributed by atoms with E-state index in [0.717, 1.165) is 17.4 Å². The molecule has 1 saturated carbocycles. The minimum atomic E-state index is 0.131. The Morgan fingerprint density at radius 2 is 1.94 bits per heavy atom. The predicted octanol–water partition coefficient (Wildman–Crippen LogP) is 2.94. The van der Waals surface area contributed by atoms with Crippen LogP contribution in [0.4, 0.5) is 0 Å². The second-order valence-corrected chi connectivity index (χ2v) is 6.40. The van der Waals surface area contributed by atoms with Gasteiger partial charge >= 0.3 is 0 Å². The van der Waals surface area contributed by atoms with E-state index in [1.54, 1.807) is 0 Å². The summed E-state index contributed by atoms with van der Waals surface area (Å²) >= 11 is 2.09. The number of thioether (sulfide) groups is 1. The molecular weight excluding hydrogens is 242 g/mol. The van der Waals surface area contributed by atoms with Crippen molar-refractivity contribution in [2.75, 3.05) is 5.75 Å². The largest absolute Gasteiger partial charge is 0.392 e. The minimum Gasteiger partial charge on any atom is -0.392 e. The third-order valence-corrected chi connectivity index (χ3v) is 4.93. The van der Waals surface area contributed by atoms with Crippen molar-refractivity contribution in [2.45, 2.75) is 50.6 Å². The highest BCUT2D eigenvalue weighted by molar-refractivity contribution is 7.99. The van der Waals surface area contributed by atoms with E-state index in [9.17, 15) is 0 Å². The summed E-state index contributed by atoms with van der Waals surface area (Å²) < 4.78 is 0. The van der Waals surface area contributed by atoms with Gasteiger partial charge in [0, 0.05) is 17.8 Å². The van der Waals surface area contributed by atoms with Gasteiger partial charge in [0.1, 0.15) is 0 Å². The molecule has 1 aliphatic carbocycles. The molecule has 1 aliphatic rings. The van der Waals surface area contributed by atoms with Gasteiger partial charge in [0.15, 0.2) is 0 Å². The second-order valence-electron chi connectivity index (χ2n) is 4.89. The Bertz CT molecular complexity index is 352. The lowest BCUT2D eigenvalue weighted by Gasteiger charge is -2.20. The molecule has 0 saturated heterocycles. The van der Waals surface area contributed by atoms with Crippen molar-refractivity contribution in [2.24, 2.45) is 0 Å². The van der Waals surface area contributed by atoms with Crippen LogP contribution in [0.1, 0.15) is 37.3 Å². The summed E-state index contributed by atoms with van der Waals surface area (Å²) in [7, 11) is 0. The van der Waals surface area contributed by atoms with Crippen molar-refractivity contribution in [1.82, 2.24) is 5.32 Å². The van der Waals surface area contributed by atoms with Crippen LogP contribution in [0.3, 0.4) is 0 Å². The van der Waals surface area contributed by atoms with E-state index in [-0.39, 0.29) is 6.61 Å². The molecule has 2 unspecified atom stereocenters. The van der Waals surface area contributed by atoms with Gasteiger partial charge in [-0.25, -0.2) is 0 Å². The Morgan fingerprint density at radius 3 is 2.61 bits per heavy atom. The summed E-state index contributed by atoms with van der Waals surface area (Å²) in [5, 5.41) is 13.5. The molecule has 0 aliphatic heterocycles. The fourth-order valence-corrected chi connectivity index (χ4v) is 3.81. The maximum Gasteiger partial charge on any atom is 0.0681 e. The third-order valence-electron chi connectivity index (χ3n) is 3.61. The number of nitrogens with one attached hydrogen (secondary N) is 1. The molecule has 0 aromatic heterocycles. The van der Waals surface area contributed by atoms with Crippen molar-refractivity contribution < 1.29 is 5.11 Å². The fourth-order valence-electron chi connectivity index (χ4n) is 2.58. The summed E-state index contributed by atoms with van der Waals surface area (Å²) in [5.74, 6) is 1.22. The first-order chi connectivity index (χ1) is 8.83. The molecule has 1 fully saturated rings. The Hall–Kier alpha value is -0.510. The molecule has 0 amide bonds. The zero-order valence-electron chi connectivity index (χ0n) is 11.1. The SMILES string of the molecule is CCSC1CCCC1NCc1ccc(CO)cc1. The predicted molar refractivity (Wildman–Crippen MR) is 78.8 cm³/mol. The molecule has 2 N–H and O–H groups in total. The fraction of sp³-hybridized carbons (Fsp3) is 0.600. The first-order valence-electron chi connectivity index (χ1n) is 6.87. The molecule has 0 heterocycles. The molecule has 18 heavy (non-hydrogen) atoms. The normalized spacial score (nSPS) is 23.4. The lowest BCUT2D eigenvalue weighted by molar-refractivity contribution is 0.282. The first kappa shape index (κ1) is 13.9. The quantitative estimate of drug-likeness (QED) is 0.829. The van der Waals surface area contributed by atoms with Gasteiger partial charge < -0.3 is 10.4 Å². The van der Waals surface area contributed by atoms with Gasteiger partial charge in [-0.15, -0.1) is 0 Å². The molecule has 1 aromatic rings. The van der Waals surface area contributed by atoms with Crippen molar-refractivity contribution in [3.05, 3.63) is 35.4 Å². The lowest BCUT2D eigenvalue weighted by atomic mass is 10.1. The number of aliphatic hydroxyl groups excluding tert-OH is 1. The Morgan fingerprint density at radius 1 is 1.22 bits per heavy atom. The third kappa shape index (κ3) is 3.74. The van der Waals surface area contributed by atoms with Crippen LogP contribution < -0.4 is 5.32 Å². The topological polar surface area (TPSA) is 32.3 Å². The molecule has 100 valence electrons. The van der Waals surface area contributed by atoms with Crippen LogP contribution in [0.25, 0.3) is 0 Å². The number of hydrogen-bond donors (Lipinski definition) is 2. The standard InChI is InChI=1S/C15H23NOS/c1-2-18-15-5-3-4-14(15)16-10-12-6-8-13(11-17)9-7-12/h6-9,14-17H,2-5,10-11H2,1H3.